The summed E-state index contributed by atoms with van der Waals surface area (Å²) < 4.78 is 5.16. The largest absolute Gasteiger partial charge is 0.482 e. The second-order valence-electron chi connectivity index (χ2n) is 3.19. The van der Waals surface area contributed by atoms with Crippen LogP contribution in [0.1, 0.15) is 12.1 Å². The maximum Gasteiger partial charge on any atom is 0.257 e. The molecule has 0 radical (unpaired) electrons. The van der Waals surface area contributed by atoms with Gasteiger partial charge >= 0.3 is 0 Å². The molecular weight excluding hydrogens is 222 g/mol. The number of carbonyl (C=O) groups excluding carboxylic acids is 1. The van der Waals surface area contributed by atoms with Gasteiger partial charge in [0.15, 0.2) is 6.61 Å². The number of carbonyl (C=O) groups is 1. The Kier molecular flexibility index (Phi) is 5.47. The zero-order valence-corrected chi connectivity index (χ0v) is 9.22. The molecule has 0 aliphatic rings. The van der Waals surface area contributed by atoms with Crippen LogP contribution >= 0.6 is 0 Å². The van der Waals surface area contributed by atoms with Gasteiger partial charge in [-0.1, -0.05) is 0 Å². The summed E-state index contributed by atoms with van der Waals surface area (Å²) in [6.07, 6.45) is 1.71. The van der Waals surface area contributed by atoms with Crippen LogP contribution in [0.15, 0.2) is 18.3 Å². The van der Waals surface area contributed by atoms with Crippen LogP contribution < -0.4 is 10.1 Å². The highest BCUT2D eigenvalue weighted by Crippen LogP contribution is 2.08. The van der Waals surface area contributed by atoms with E-state index in [0.29, 0.717) is 18.0 Å². The fourth-order valence-electron chi connectivity index (χ4n) is 1.05. The number of pyridine rings is 1. The first kappa shape index (κ1) is 12.9. The first-order valence-corrected chi connectivity index (χ1v) is 5.08. The average Bonchev–Trinajstić information content (AvgIpc) is 2.37. The van der Waals surface area contributed by atoms with Crippen molar-refractivity contribution in [2.24, 2.45) is 0 Å². The molecule has 0 atom stereocenters. The Morgan fingerprint density at radius 3 is 3.00 bits per heavy atom. The van der Waals surface area contributed by atoms with Crippen molar-refractivity contribution in [2.75, 3.05) is 13.2 Å². The van der Waals surface area contributed by atoms with Crippen molar-refractivity contribution in [3.8, 4) is 11.8 Å². The summed E-state index contributed by atoms with van der Waals surface area (Å²) in [5, 5.41) is 19.6. The summed E-state index contributed by atoms with van der Waals surface area (Å²) in [5.41, 5.74) is 0.538. The molecule has 1 aromatic rings. The van der Waals surface area contributed by atoms with Crippen LogP contribution in [0.2, 0.25) is 0 Å². The molecule has 0 aliphatic carbocycles. The standard InChI is InChI=1S/C11H13N3O3/c12-4-1-5-13-11(16)8-17-10-3-2-9(7-15)14-6-10/h2-3,6,15H,1,5,7-8H2,(H,13,16). The van der Waals surface area contributed by atoms with Gasteiger partial charge < -0.3 is 15.2 Å². The Bertz CT molecular complexity index is 397. The van der Waals surface area contributed by atoms with Crippen LogP contribution in [0, 0.1) is 11.3 Å². The van der Waals surface area contributed by atoms with E-state index in [4.69, 9.17) is 15.1 Å². The summed E-state index contributed by atoms with van der Waals surface area (Å²) in [6.45, 7) is 0.0703. The minimum Gasteiger partial charge on any atom is -0.482 e. The quantitative estimate of drug-likeness (QED) is 0.676. The molecule has 6 nitrogen and oxygen atoms in total. The lowest BCUT2D eigenvalue weighted by Gasteiger charge is -2.06. The third-order valence-electron chi connectivity index (χ3n) is 1.89. The van der Waals surface area contributed by atoms with Crippen molar-refractivity contribution in [1.29, 1.82) is 5.26 Å². The number of amides is 1. The highest BCUT2D eigenvalue weighted by molar-refractivity contribution is 5.77. The van der Waals surface area contributed by atoms with E-state index >= 15 is 0 Å². The Balaban J connectivity index is 2.29. The van der Waals surface area contributed by atoms with Crippen LogP contribution in [0.3, 0.4) is 0 Å². The smallest absolute Gasteiger partial charge is 0.257 e. The monoisotopic (exact) mass is 235 g/mol. The number of ether oxygens (including phenoxy) is 1. The van der Waals surface area contributed by atoms with Gasteiger partial charge in [0.1, 0.15) is 5.75 Å². The highest BCUT2D eigenvalue weighted by atomic mass is 16.5. The number of hydrogen-bond donors (Lipinski definition) is 2. The maximum atomic E-state index is 11.2. The fraction of sp³-hybridized carbons (Fsp3) is 0.364. The van der Waals surface area contributed by atoms with Crippen molar-refractivity contribution in [3.05, 3.63) is 24.0 Å². The minimum atomic E-state index is -0.286. The predicted molar refractivity (Wildman–Crippen MR) is 58.9 cm³/mol. The normalized spacial score (nSPS) is 9.41. The topological polar surface area (TPSA) is 95.2 Å². The molecule has 0 spiro atoms. The molecule has 6 heteroatoms. The van der Waals surface area contributed by atoms with E-state index in [9.17, 15) is 4.79 Å². The van der Waals surface area contributed by atoms with Crippen molar-refractivity contribution >= 4 is 5.91 Å². The predicted octanol–water partition coefficient (Wildman–Crippen LogP) is -0.0174. The highest BCUT2D eigenvalue weighted by Gasteiger charge is 2.02. The lowest BCUT2D eigenvalue weighted by molar-refractivity contribution is -0.123. The van der Waals surface area contributed by atoms with Crippen molar-refractivity contribution in [2.45, 2.75) is 13.0 Å². The summed E-state index contributed by atoms with van der Waals surface area (Å²) in [6, 6.07) is 5.16. The zero-order valence-electron chi connectivity index (χ0n) is 9.22. The molecule has 90 valence electrons. The van der Waals surface area contributed by atoms with Crippen molar-refractivity contribution < 1.29 is 14.6 Å². The molecule has 1 amide bonds. The second-order valence-corrected chi connectivity index (χ2v) is 3.19. The van der Waals surface area contributed by atoms with Gasteiger partial charge in [0.25, 0.3) is 5.91 Å². The van der Waals surface area contributed by atoms with E-state index in [0.717, 1.165) is 0 Å². The summed E-state index contributed by atoms with van der Waals surface area (Å²) in [7, 11) is 0. The molecule has 0 bridgehead atoms. The van der Waals surface area contributed by atoms with Gasteiger partial charge in [0, 0.05) is 6.54 Å². The molecule has 2 N–H and O–H groups in total. The minimum absolute atomic E-state index is 0.119. The number of aromatic nitrogens is 1. The van der Waals surface area contributed by atoms with Crippen LogP contribution in [0.5, 0.6) is 5.75 Å². The van der Waals surface area contributed by atoms with Crippen molar-refractivity contribution in [3.63, 3.8) is 0 Å². The molecule has 0 aliphatic heterocycles. The summed E-state index contributed by atoms with van der Waals surface area (Å²) >= 11 is 0. The van der Waals surface area contributed by atoms with Gasteiger partial charge in [-0.25, -0.2) is 0 Å². The molecule has 0 unspecified atom stereocenters. The van der Waals surface area contributed by atoms with Crippen LogP contribution in [-0.2, 0) is 11.4 Å². The van der Waals surface area contributed by atoms with E-state index in [1.807, 2.05) is 6.07 Å². The molecular formula is C11H13N3O3. The van der Waals surface area contributed by atoms with E-state index in [1.54, 1.807) is 12.1 Å². The Labute approximate surface area is 98.9 Å². The molecule has 0 saturated carbocycles. The number of aliphatic hydroxyl groups is 1. The Morgan fingerprint density at radius 2 is 2.41 bits per heavy atom. The molecule has 17 heavy (non-hydrogen) atoms. The molecule has 1 aromatic heterocycles. The lowest BCUT2D eigenvalue weighted by atomic mass is 10.3. The maximum absolute atomic E-state index is 11.2. The van der Waals surface area contributed by atoms with E-state index in [2.05, 4.69) is 10.3 Å². The average molecular weight is 235 g/mol. The van der Waals surface area contributed by atoms with Crippen LogP contribution in [-0.4, -0.2) is 29.1 Å². The van der Waals surface area contributed by atoms with Crippen LogP contribution in [0.25, 0.3) is 0 Å². The van der Waals surface area contributed by atoms with Gasteiger partial charge in [0.2, 0.25) is 0 Å². The number of nitriles is 1. The number of aliphatic hydroxyl groups excluding tert-OH is 1. The van der Waals surface area contributed by atoms with Gasteiger partial charge in [-0.3, -0.25) is 9.78 Å². The SMILES string of the molecule is N#CCCNC(=O)COc1ccc(CO)nc1. The molecule has 0 aromatic carbocycles. The van der Waals surface area contributed by atoms with Gasteiger partial charge in [-0.2, -0.15) is 5.26 Å². The van der Waals surface area contributed by atoms with Gasteiger partial charge in [0.05, 0.1) is 31.0 Å². The molecule has 1 heterocycles. The van der Waals surface area contributed by atoms with E-state index < -0.39 is 0 Å². The Morgan fingerprint density at radius 1 is 1.59 bits per heavy atom. The third kappa shape index (κ3) is 4.95. The summed E-state index contributed by atoms with van der Waals surface area (Å²) in [5.74, 6) is 0.170. The van der Waals surface area contributed by atoms with Crippen molar-refractivity contribution in [1.82, 2.24) is 10.3 Å². The number of nitrogens with one attached hydrogen (secondary N) is 1. The second kappa shape index (κ2) is 7.19. The molecule has 0 fully saturated rings. The summed E-state index contributed by atoms with van der Waals surface area (Å²) in [4.78, 5) is 15.1. The Hall–Kier alpha value is -2.13. The van der Waals surface area contributed by atoms with E-state index in [-0.39, 0.29) is 25.5 Å². The molecule has 0 saturated heterocycles. The van der Waals surface area contributed by atoms with Gasteiger partial charge in [-0.05, 0) is 12.1 Å². The lowest BCUT2D eigenvalue weighted by Crippen LogP contribution is -2.29. The number of rotatable bonds is 6. The third-order valence-corrected chi connectivity index (χ3v) is 1.89. The fourth-order valence-corrected chi connectivity index (χ4v) is 1.05. The first-order chi connectivity index (χ1) is 8.26. The van der Waals surface area contributed by atoms with Gasteiger partial charge in [-0.15, -0.1) is 0 Å². The first-order valence-electron chi connectivity index (χ1n) is 5.08. The zero-order chi connectivity index (χ0) is 12.5. The van der Waals surface area contributed by atoms with Crippen LogP contribution in [0.4, 0.5) is 0 Å². The number of hydrogen-bond acceptors (Lipinski definition) is 5. The number of nitrogens with zero attached hydrogens (tertiary/aromatic N) is 2. The molecule has 1 rings (SSSR count). The van der Waals surface area contributed by atoms with E-state index in [1.165, 1.54) is 6.20 Å².